The molecule has 2 aromatic carbocycles. The van der Waals surface area contributed by atoms with Crippen LogP contribution in [0.5, 0.6) is 0 Å². The van der Waals surface area contributed by atoms with Crippen LogP contribution in [-0.4, -0.2) is 24.2 Å². The molecule has 0 heterocycles. The standard InChI is InChI=1S/C36H52N2/c1-5-13-31(14-6-1)37(32-15-7-2-8-16-32)35-25-21-29(22-26-35)30-23-27-36(28-24-30)38(33-17-9-3-10-18-33)34-19-11-4-12-20-34/h21-28,31-34H,1-20H2. The lowest BCUT2D eigenvalue weighted by Crippen LogP contribution is -2.45. The van der Waals surface area contributed by atoms with E-state index in [1.807, 2.05) is 0 Å². The lowest BCUT2D eigenvalue weighted by Gasteiger charge is -2.43. The fourth-order valence-corrected chi connectivity index (χ4v) is 8.53. The minimum Gasteiger partial charge on any atom is -0.366 e. The van der Waals surface area contributed by atoms with Gasteiger partial charge < -0.3 is 9.80 Å². The summed E-state index contributed by atoms with van der Waals surface area (Å²) in [5.41, 5.74) is 5.69. The molecule has 0 N–H and O–H groups in total. The van der Waals surface area contributed by atoms with Crippen LogP contribution in [0.3, 0.4) is 0 Å². The summed E-state index contributed by atoms with van der Waals surface area (Å²) in [5.74, 6) is 0. The van der Waals surface area contributed by atoms with Gasteiger partial charge >= 0.3 is 0 Å². The molecule has 4 saturated carbocycles. The van der Waals surface area contributed by atoms with Gasteiger partial charge in [-0.25, -0.2) is 0 Å². The molecule has 0 radical (unpaired) electrons. The first-order chi connectivity index (χ1) is 18.9. The van der Waals surface area contributed by atoms with Gasteiger partial charge in [-0.05, 0) is 86.8 Å². The molecule has 0 amide bonds. The van der Waals surface area contributed by atoms with Gasteiger partial charge in [0.15, 0.2) is 0 Å². The van der Waals surface area contributed by atoms with E-state index < -0.39 is 0 Å². The zero-order valence-electron chi connectivity index (χ0n) is 24.0. The molecule has 206 valence electrons. The number of rotatable bonds is 7. The summed E-state index contributed by atoms with van der Waals surface area (Å²) in [7, 11) is 0. The second-order valence-corrected chi connectivity index (χ2v) is 13.1. The molecule has 4 aliphatic carbocycles. The molecule has 2 nitrogen and oxygen atoms in total. The van der Waals surface area contributed by atoms with Crippen LogP contribution in [0, 0.1) is 0 Å². The zero-order chi connectivity index (χ0) is 25.6. The Bertz CT molecular complexity index is 838. The van der Waals surface area contributed by atoms with Gasteiger partial charge in [-0.2, -0.15) is 0 Å². The van der Waals surface area contributed by atoms with E-state index in [0.717, 1.165) is 24.2 Å². The number of hydrogen-bond donors (Lipinski definition) is 0. The Morgan fingerprint density at radius 3 is 0.789 bits per heavy atom. The van der Waals surface area contributed by atoms with Crippen molar-refractivity contribution in [2.75, 3.05) is 9.80 Å². The largest absolute Gasteiger partial charge is 0.366 e. The van der Waals surface area contributed by atoms with E-state index in [0.29, 0.717) is 0 Å². The van der Waals surface area contributed by atoms with Gasteiger partial charge in [0.25, 0.3) is 0 Å². The molecule has 0 bridgehead atoms. The Labute approximate surface area is 233 Å². The monoisotopic (exact) mass is 512 g/mol. The number of anilines is 2. The second kappa shape index (κ2) is 12.9. The first-order valence-electron chi connectivity index (χ1n) is 16.6. The average Bonchev–Trinajstić information content (AvgIpc) is 3.00. The highest BCUT2D eigenvalue weighted by Gasteiger charge is 2.30. The highest BCUT2D eigenvalue weighted by atomic mass is 15.2. The quantitative estimate of drug-likeness (QED) is 0.364. The van der Waals surface area contributed by atoms with Crippen molar-refractivity contribution in [3.8, 4) is 11.1 Å². The number of hydrogen-bond acceptors (Lipinski definition) is 2. The minimum atomic E-state index is 0.752. The molecule has 0 atom stereocenters. The molecule has 2 heteroatoms. The Morgan fingerprint density at radius 2 is 0.553 bits per heavy atom. The van der Waals surface area contributed by atoms with Gasteiger partial charge in [0.1, 0.15) is 0 Å². The molecule has 4 aliphatic rings. The van der Waals surface area contributed by atoms with E-state index in [2.05, 4.69) is 58.3 Å². The third kappa shape index (κ3) is 6.10. The lowest BCUT2D eigenvalue weighted by molar-refractivity contribution is 0.340. The molecule has 0 saturated heterocycles. The minimum absolute atomic E-state index is 0.752. The van der Waals surface area contributed by atoms with Gasteiger partial charge in [0, 0.05) is 35.5 Å². The molecule has 0 aromatic heterocycles. The summed E-state index contributed by atoms with van der Waals surface area (Å²) in [6.07, 6.45) is 28.1. The molecule has 0 spiro atoms. The van der Waals surface area contributed by atoms with E-state index in [9.17, 15) is 0 Å². The van der Waals surface area contributed by atoms with Crippen LogP contribution in [0.15, 0.2) is 48.5 Å². The van der Waals surface area contributed by atoms with Crippen LogP contribution < -0.4 is 9.80 Å². The van der Waals surface area contributed by atoms with Crippen LogP contribution >= 0.6 is 0 Å². The SMILES string of the molecule is c1cc(N(C2CCCCC2)C2CCCCC2)ccc1-c1ccc(N(C2CCCCC2)C2CCCCC2)cc1. The summed E-state index contributed by atoms with van der Waals surface area (Å²) in [6.45, 7) is 0. The van der Waals surface area contributed by atoms with Crippen molar-refractivity contribution < 1.29 is 0 Å². The average molecular weight is 513 g/mol. The van der Waals surface area contributed by atoms with Gasteiger partial charge in [0.05, 0.1) is 0 Å². The van der Waals surface area contributed by atoms with Crippen molar-refractivity contribution in [2.45, 2.75) is 153 Å². The maximum Gasteiger partial charge on any atom is 0.0371 e. The van der Waals surface area contributed by atoms with E-state index in [1.165, 1.54) is 151 Å². The first kappa shape index (κ1) is 26.3. The third-order valence-electron chi connectivity index (χ3n) is 10.5. The summed E-state index contributed by atoms with van der Waals surface area (Å²) >= 11 is 0. The molecular weight excluding hydrogens is 460 g/mol. The Kier molecular flexibility index (Phi) is 8.94. The number of benzene rings is 2. The van der Waals surface area contributed by atoms with Crippen molar-refractivity contribution in [3.63, 3.8) is 0 Å². The van der Waals surface area contributed by atoms with Gasteiger partial charge in [-0.15, -0.1) is 0 Å². The maximum atomic E-state index is 2.87. The molecule has 38 heavy (non-hydrogen) atoms. The van der Waals surface area contributed by atoms with Crippen molar-refractivity contribution >= 4 is 11.4 Å². The maximum absolute atomic E-state index is 2.87. The highest BCUT2D eigenvalue weighted by molar-refractivity contribution is 5.69. The summed E-state index contributed by atoms with van der Waals surface area (Å²) in [5, 5.41) is 0. The van der Waals surface area contributed by atoms with Crippen molar-refractivity contribution in [1.29, 1.82) is 0 Å². The first-order valence-corrected chi connectivity index (χ1v) is 16.6. The summed E-state index contributed by atoms with van der Waals surface area (Å²) in [6, 6.07) is 22.4. The third-order valence-corrected chi connectivity index (χ3v) is 10.5. The molecular formula is C36H52N2. The number of nitrogens with zero attached hydrogens (tertiary/aromatic N) is 2. The van der Waals surface area contributed by atoms with E-state index in [-0.39, 0.29) is 0 Å². The van der Waals surface area contributed by atoms with Crippen LogP contribution in [0.4, 0.5) is 11.4 Å². The second-order valence-electron chi connectivity index (χ2n) is 13.1. The molecule has 4 fully saturated rings. The van der Waals surface area contributed by atoms with E-state index in [1.54, 1.807) is 0 Å². The van der Waals surface area contributed by atoms with Crippen molar-refractivity contribution in [2.24, 2.45) is 0 Å². The van der Waals surface area contributed by atoms with Gasteiger partial charge in [-0.1, -0.05) is 101 Å². The molecule has 0 aliphatic heterocycles. The Balaban J connectivity index is 1.20. The molecule has 2 aromatic rings. The smallest absolute Gasteiger partial charge is 0.0371 e. The normalized spacial score (nSPS) is 22.8. The van der Waals surface area contributed by atoms with Gasteiger partial charge in [-0.3, -0.25) is 0 Å². The van der Waals surface area contributed by atoms with Gasteiger partial charge in [0.2, 0.25) is 0 Å². The van der Waals surface area contributed by atoms with Crippen molar-refractivity contribution in [3.05, 3.63) is 48.5 Å². The van der Waals surface area contributed by atoms with E-state index >= 15 is 0 Å². The Hall–Kier alpha value is -1.96. The fourth-order valence-electron chi connectivity index (χ4n) is 8.53. The van der Waals surface area contributed by atoms with Crippen LogP contribution in [0.2, 0.25) is 0 Å². The molecule has 6 rings (SSSR count). The van der Waals surface area contributed by atoms with Crippen LogP contribution in [0.25, 0.3) is 11.1 Å². The predicted octanol–water partition coefficient (Wildman–Crippen LogP) is 10.3. The lowest BCUT2D eigenvalue weighted by atomic mass is 9.88. The highest BCUT2D eigenvalue weighted by Crippen LogP contribution is 2.37. The van der Waals surface area contributed by atoms with Crippen LogP contribution in [0.1, 0.15) is 128 Å². The van der Waals surface area contributed by atoms with Crippen LogP contribution in [-0.2, 0) is 0 Å². The summed E-state index contributed by atoms with van der Waals surface area (Å²) < 4.78 is 0. The Morgan fingerprint density at radius 1 is 0.316 bits per heavy atom. The summed E-state index contributed by atoms with van der Waals surface area (Å²) in [4.78, 5) is 5.74. The topological polar surface area (TPSA) is 6.48 Å². The zero-order valence-corrected chi connectivity index (χ0v) is 24.0. The van der Waals surface area contributed by atoms with Crippen molar-refractivity contribution in [1.82, 2.24) is 0 Å². The predicted molar refractivity (Wildman–Crippen MR) is 164 cm³/mol. The molecule has 0 unspecified atom stereocenters. The fraction of sp³-hybridized carbons (Fsp3) is 0.667. The van der Waals surface area contributed by atoms with E-state index in [4.69, 9.17) is 0 Å².